The Bertz CT molecular complexity index is 35.0. The van der Waals surface area contributed by atoms with Crippen molar-refractivity contribution < 1.29 is 445 Å². The van der Waals surface area contributed by atoms with E-state index in [1.54, 1.807) is 0 Å². The Morgan fingerprint density at radius 3 is 0.0571 bits per heavy atom. The van der Waals surface area contributed by atoms with Crippen molar-refractivity contribution in [2.45, 2.75) is 0 Å². The monoisotopic (exact) mass is 5270 g/mol. The van der Waals surface area contributed by atoms with Gasteiger partial charge in [-0.1, -0.05) is 0 Å². The summed E-state index contributed by atoms with van der Waals surface area (Å²) in [6.45, 7) is 0. The zero-order valence-electron chi connectivity index (χ0n) is 17.5. The van der Waals surface area contributed by atoms with E-state index < -0.39 is 0 Å². The predicted molar refractivity (Wildman–Crippen MR) is 104 cm³/mol. The van der Waals surface area contributed by atoms with Crippen molar-refractivity contribution in [3.05, 3.63) is 0 Å². The number of hydrogen-bond donors (Lipinski definition) is 0. The maximum absolute atomic E-state index is 0. The van der Waals surface area contributed by atoms with Crippen molar-refractivity contribution in [3.63, 3.8) is 0 Å². The zero-order chi connectivity index (χ0) is 0. The van der Waals surface area contributed by atoms with E-state index in [9.17, 15) is 0 Å². The normalized spacial score (nSPS) is 0. The summed E-state index contributed by atoms with van der Waals surface area (Å²) in [5.74, 6) is 0. The standard InChI is InChI=1S/18Pb.17Zr. The van der Waals surface area contributed by atoms with Gasteiger partial charge >= 0.3 is 0 Å². The molecular formula is Pb18Zr17. The molecular weight excluding hydrogens is 5280 g/mol. The first kappa shape index (κ1) is 287. The fourth-order valence-corrected chi connectivity index (χ4v) is 0. The first-order valence-electron chi connectivity index (χ1n) is 0. The van der Waals surface area contributed by atoms with Crippen LogP contribution in [0.3, 0.4) is 0 Å². The van der Waals surface area contributed by atoms with Crippen LogP contribution in [0.1, 0.15) is 0 Å². The van der Waals surface area contributed by atoms with Crippen LogP contribution < -0.4 is 0 Å². The van der Waals surface area contributed by atoms with E-state index in [0.717, 1.165) is 0 Å². The van der Waals surface area contributed by atoms with E-state index >= 15 is 0 Å². The summed E-state index contributed by atoms with van der Waals surface area (Å²) in [5.41, 5.74) is 0. The topological polar surface area (TPSA) is 0 Å². The van der Waals surface area contributed by atoms with Gasteiger partial charge in [0, 0.05) is 937 Å². The summed E-state index contributed by atoms with van der Waals surface area (Å²) in [6.07, 6.45) is 0. The zero-order valence-corrected chi connectivity index (χ0v) is 129. The Morgan fingerprint density at radius 1 is 0.0571 bits per heavy atom. The molecule has 72 radical (unpaired) electrons. The molecule has 0 saturated carbocycles. The van der Waals surface area contributed by atoms with Crippen molar-refractivity contribution in [2.24, 2.45) is 0 Å². The molecule has 0 bridgehead atoms. The third-order valence-electron chi connectivity index (χ3n) is 0. The van der Waals surface area contributed by atoms with Gasteiger partial charge in [-0.05, 0) is 0 Å². The van der Waals surface area contributed by atoms with Crippen LogP contribution in [0, 0.1) is 0 Å². The van der Waals surface area contributed by atoms with Gasteiger partial charge in [0.25, 0.3) is 0 Å². The van der Waals surface area contributed by atoms with Gasteiger partial charge in [-0.15, -0.1) is 0 Å². The van der Waals surface area contributed by atoms with Gasteiger partial charge in [-0.3, -0.25) is 0 Å². The fourth-order valence-electron chi connectivity index (χ4n) is 0. The molecule has 140 valence electrons. The van der Waals surface area contributed by atoms with Crippen molar-refractivity contribution in [1.82, 2.24) is 0 Å². The predicted octanol–water partition coefficient (Wildman–Crippen LogP) is -6.90. The van der Waals surface area contributed by atoms with Crippen LogP contribution in [0.5, 0.6) is 0 Å². The van der Waals surface area contributed by atoms with Crippen LogP contribution in [0.4, 0.5) is 0 Å². The van der Waals surface area contributed by atoms with E-state index in [4.69, 9.17) is 0 Å². The van der Waals surface area contributed by atoms with Gasteiger partial charge in [0.2, 0.25) is 0 Å². The van der Waals surface area contributed by atoms with E-state index in [1.807, 2.05) is 0 Å². The maximum Gasteiger partial charge on any atom is 0 e. The van der Waals surface area contributed by atoms with Gasteiger partial charge in [0.05, 0.1) is 0 Å². The molecule has 35 heteroatoms. The third-order valence-corrected chi connectivity index (χ3v) is 0. The Balaban J connectivity index is 0. The summed E-state index contributed by atoms with van der Waals surface area (Å²) in [6, 6.07) is 0. The SMILES string of the molecule is [Pb].[Pb].[Pb].[Pb].[Pb].[Pb].[Pb].[Pb].[Pb].[Pb].[Pb].[Pb].[Pb].[Pb].[Pb].[Pb].[Pb].[Pb].[Zr].[Zr].[Zr].[Zr].[Zr].[Zr].[Zr].[Zr].[Zr].[Zr].[Zr].[Zr].[Zr].[Zr].[Zr].[Zr].[Zr]. The largest absolute Gasteiger partial charge is 0 e. The molecule has 0 aromatic rings. The summed E-state index contributed by atoms with van der Waals surface area (Å²) in [4.78, 5) is 0. The molecule has 0 saturated heterocycles. The second-order valence-corrected chi connectivity index (χ2v) is 0. The minimum Gasteiger partial charge on any atom is 0 e. The molecule has 35 heavy (non-hydrogen) atoms. The molecule has 0 aromatic heterocycles. The number of rotatable bonds is 0. The van der Waals surface area contributed by atoms with Gasteiger partial charge in [0.1, 0.15) is 0 Å². The average molecular weight is 5280 g/mol. The minimum atomic E-state index is 0. The molecule has 0 heterocycles. The first-order valence-corrected chi connectivity index (χ1v) is 0. The van der Waals surface area contributed by atoms with Gasteiger partial charge < -0.3 is 0 Å². The molecule has 0 rings (SSSR count). The molecule has 0 aliphatic heterocycles. The first-order chi connectivity index (χ1) is 0. The van der Waals surface area contributed by atoms with E-state index in [-0.39, 0.29) is 937 Å². The third kappa shape index (κ3) is 266. The molecule has 0 aliphatic carbocycles. The van der Waals surface area contributed by atoms with Crippen LogP contribution in [0.2, 0.25) is 0 Å². The van der Waals surface area contributed by atoms with Crippen LogP contribution in [-0.2, 0) is 445 Å². The average Bonchev–Trinajstić information content (AvgIpc) is 0. The fraction of sp³-hybridized carbons (Fsp3) is 0. The van der Waals surface area contributed by atoms with Crippen LogP contribution in [0.15, 0.2) is 0 Å². The summed E-state index contributed by atoms with van der Waals surface area (Å²) >= 11 is 0. The van der Waals surface area contributed by atoms with Gasteiger partial charge in [-0.2, -0.15) is 0 Å². The van der Waals surface area contributed by atoms with Crippen LogP contribution in [-0.4, -0.2) is 491 Å². The van der Waals surface area contributed by atoms with Crippen molar-refractivity contribution in [1.29, 1.82) is 0 Å². The summed E-state index contributed by atoms with van der Waals surface area (Å²) < 4.78 is 0. The second kappa shape index (κ2) is 274. The molecule has 0 atom stereocenters. The quantitative estimate of drug-likeness (QED) is 0.212. The molecule has 0 N–H and O–H groups in total. The summed E-state index contributed by atoms with van der Waals surface area (Å²) in [7, 11) is 0. The molecule has 0 nitrogen and oxygen atoms in total. The maximum atomic E-state index is 0. The number of hydrogen-bond acceptors (Lipinski definition) is 0. The van der Waals surface area contributed by atoms with Gasteiger partial charge in [-0.25, -0.2) is 0 Å². The Kier molecular flexibility index (Phi) is 2250. The molecule has 0 spiro atoms. The molecule has 0 amide bonds. The van der Waals surface area contributed by atoms with Crippen molar-refractivity contribution in [3.8, 4) is 0 Å². The summed E-state index contributed by atoms with van der Waals surface area (Å²) in [5, 5.41) is 0. The van der Waals surface area contributed by atoms with Crippen LogP contribution >= 0.6 is 0 Å². The smallest absolute Gasteiger partial charge is 0 e. The second-order valence-electron chi connectivity index (χ2n) is 0. The van der Waals surface area contributed by atoms with E-state index in [0.29, 0.717) is 0 Å². The molecule has 0 fully saturated rings. The molecule has 0 aromatic carbocycles. The van der Waals surface area contributed by atoms with Crippen LogP contribution in [0.25, 0.3) is 0 Å². The Morgan fingerprint density at radius 2 is 0.0571 bits per heavy atom. The molecule has 0 aliphatic rings. The van der Waals surface area contributed by atoms with Gasteiger partial charge in [0.15, 0.2) is 0 Å². The van der Waals surface area contributed by atoms with E-state index in [2.05, 4.69) is 0 Å². The van der Waals surface area contributed by atoms with Crippen molar-refractivity contribution >= 4 is 491 Å². The van der Waals surface area contributed by atoms with Crippen molar-refractivity contribution in [2.75, 3.05) is 0 Å². The Hall–Kier alpha value is 31.6. The molecule has 0 unspecified atom stereocenters. The Labute approximate surface area is 904 Å². The minimum absolute atomic E-state index is 0. The van der Waals surface area contributed by atoms with E-state index in [1.165, 1.54) is 0 Å².